The van der Waals surface area contributed by atoms with E-state index in [0.29, 0.717) is 17.7 Å². The minimum absolute atomic E-state index is 0.00702. The number of aromatic nitrogens is 1. The SMILES string of the molecule is CCOC(=O)OC(C#N)C(C)Oc1ccc(Oc2ccc(C(F)(F)F)cn2)cc1. The third-order valence-electron chi connectivity index (χ3n) is 3.47. The van der Waals surface area contributed by atoms with Gasteiger partial charge in [-0.1, -0.05) is 0 Å². The molecule has 2 rings (SSSR count). The van der Waals surface area contributed by atoms with Crippen molar-refractivity contribution in [2.45, 2.75) is 32.2 Å². The number of carbonyl (C=O) groups excluding carboxylic acids is 1. The predicted octanol–water partition coefficient (Wildman–Crippen LogP) is 4.73. The lowest BCUT2D eigenvalue weighted by Gasteiger charge is -2.19. The van der Waals surface area contributed by atoms with E-state index in [9.17, 15) is 18.0 Å². The molecule has 0 saturated heterocycles. The van der Waals surface area contributed by atoms with E-state index in [-0.39, 0.29) is 12.5 Å². The fraction of sp³-hybridized carbons (Fsp3) is 0.316. The van der Waals surface area contributed by atoms with Gasteiger partial charge in [-0.25, -0.2) is 9.78 Å². The zero-order valence-electron chi connectivity index (χ0n) is 15.5. The Kier molecular flexibility index (Phi) is 7.25. The van der Waals surface area contributed by atoms with Crippen LogP contribution >= 0.6 is 0 Å². The summed E-state index contributed by atoms with van der Waals surface area (Å²) in [4.78, 5) is 14.9. The molecule has 154 valence electrons. The summed E-state index contributed by atoms with van der Waals surface area (Å²) in [6.07, 6.45) is -6.73. The molecule has 0 spiro atoms. The smallest absolute Gasteiger partial charge is 0.486 e. The average Bonchev–Trinajstić information content (AvgIpc) is 2.67. The Morgan fingerprint density at radius 1 is 1.17 bits per heavy atom. The molecule has 0 fully saturated rings. The van der Waals surface area contributed by atoms with Crippen LogP contribution in [0.1, 0.15) is 19.4 Å². The monoisotopic (exact) mass is 410 g/mol. The van der Waals surface area contributed by atoms with Crippen LogP contribution < -0.4 is 9.47 Å². The number of hydrogen-bond acceptors (Lipinski definition) is 7. The lowest BCUT2D eigenvalue weighted by molar-refractivity contribution is -0.137. The highest BCUT2D eigenvalue weighted by Gasteiger charge is 2.30. The van der Waals surface area contributed by atoms with E-state index in [1.165, 1.54) is 24.3 Å². The Hall–Kier alpha value is -3.48. The Morgan fingerprint density at radius 3 is 2.34 bits per heavy atom. The number of ether oxygens (including phenoxy) is 4. The normalized spacial score (nSPS) is 13.0. The van der Waals surface area contributed by atoms with Gasteiger partial charge in [0.2, 0.25) is 12.0 Å². The number of halogens is 3. The van der Waals surface area contributed by atoms with Gasteiger partial charge in [-0.15, -0.1) is 0 Å². The van der Waals surface area contributed by atoms with E-state index in [1.54, 1.807) is 13.8 Å². The fourth-order valence-corrected chi connectivity index (χ4v) is 2.07. The molecule has 0 aliphatic carbocycles. The van der Waals surface area contributed by atoms with Crippen molar-refractivity contribution in [3.63, 3.8) is 0 Å². The zero-order chi connectivity index (χ0) is 21.4. The van der Waals surface area contributed by atoms with Crippen molar-refractivity contribution < 1.29 is 36.9 Å². The van der Waals surface area contributed by atoms with Crippen LogP contribution in [0.25, 0.3) is 0 Å². The molecule has 0 amide bonds. The quantitative estimate of drug-likeness (QED) is 0.610. The van der Waals surface area contributed by atoms with Gasteiger partial charge in [-0.3, -0.25) is 0 Å². The van der Waals surface area contributed by atoms with Gasteiger partial charge >= 0.3 is 12.3 Å². The van der Waals surface area contributed by atoms with Crippen LogP contribution in [-0.2, 0) is 15.7 Å². The highest BCUT2D eigenvalue weighted by atomic mass is 19.4. The van der Waals surface area contributed by atoms with Crippen LogP contribution in [0.4, 0.5) is 18.0 Å². The topological polar surface area (TPSA) is 90.7 Å². The maximum absolute atomic E-state index is 12.5. The van der Waals surface area contributed by atoms with E-state index in [4.69, 9.17) is 19.5 Å². The van der Waals surface area contributed by atoms with Crippen molar-refractivity contribution in [3.8, 4) is 23.4 Å². The molecule has 2 atom stereocenters. The molecule has 2 unspecified atom stereocenters. The number of hydrogen-bond donors (Lipinski definition) is 0. The van der Waals surface area contributed by atoms with Crippen LogP contribution in [0.3, 0.4) is 0 Å². The molecule has 0 N–H and O–H groups in total. The van der Waals surface area contributed by atoms with Gasteiger partial charge in [0.15, 0.2) is 0 Å². The lowest BCUT2D eigenvalue weighted by Crippen LogP contribution is -2.32. The van der Waals surface area contributed by atoms with Gasteiger partial charge in [0.25, 0.3) is 0 Å². The van der Waals surface area contributed by atoms with E-state index in [2.05, 4.69) is 9.72 Å². The van der Waals surface area contributed by atoms with Gasteiger partial charge < -0.3 is 18.9 Å². The van der Waals surface area contributed by atoms with Crippen molar-refractivity contribution in [2.24, 2.45) is 0 Å². The van der Waals surface area contributed by atoms with E-state index >= 15 is 0 Å². The molecule has 0 aliphatic heterocycles. The van der Waals surface area contributed by atoms with Crippen LogP contribution in [0.2, 0.25) is 0 Å². The molecule has 1 aromatic heterocycles. The third kappa shape index (κ3) is 6.57. The standard InChI is InChI=1S/C19H17F3N2O5/c1-3-26-18(25)29-16(10-23)12(2)27-14-5-7-15(8-6-14)28-17-9-4-13(11-24-17)19(20,21)22/h4-9,11-12,16H,3H2,1-2H3. The Morgan fingerprint density at radius 2 is 1.83 bits per heavy atom. The minimum atomic E-state index is -4.47. The molecule has 29 heavy (non-hydrogen) atoms. The molecular formula is C19H17F3N2O5. The molecular weight excluding hydrogens is 393 g/mol. The third-order valence-corrected chi connectivity index (χ3v) is 3.47. The first-order valence-electron chi connectivity index (χ1n) is 8.43. The molecule has 0 radical (unpaired) electrons. The van der Waals surface area contributed by atoms with Crippen LogP contribution in [0, 0.1) is 11.3 Å². The van der Waals surface area contributed by atoms with Gasteiger partial charge in [0.05, 0.1) is 12.2 Å². The van der Waals surface area contributed by atoms with Gasteiger partial charge in [0.1, 0.15) is 23.7 Å². The Balaban J connectivity index is 1.95. The number of nitrogens with zero attached hydrogens (tertiary/aromatic N) is 2. The fourth-order valence-electron chi connectivity index (χ4n) is 2.07. The summed E-state index contributed by atoms with van der Waals surface area (Å²) >= 11 is 0. The maximum atomic E-state index is 12.5. The molecule has 1 aromatic carbocycles. The molecule has 0 saturated carbocycles. The highest BCUT2D eigenvalue weighted by Crippen LogP contribution is 2.30. The summed E-state index contributed by atoms with van der Waals surface area (Å²) in [5, 5.41) is 9.11. The largest absolute Gasteiger partial charge is 0.509 e. The van der Waals surface area contributed by atoms with Crippen LogP contribution in [0.5, 0.6) is 17.4 Å². The lowest BCUT2D eigenvalue weighted by atomic mass is 10.2. The summed E-state index contributed by atoms with van der Waals surface area (Å²) in [5.41, 5.74) is -0.875. The summed E-state index contributed by atoms with van der Waals surface area (Å²) in [7, 11) is 0. The summed E-state index contributed by atoms with van der Waals surface area (Å²) in [6.45, 7) is 3.26. The second kappa shape index (κ2) is 9.64. The van der Waals surface area contributed by atoms with Crippen LogP contribution in [0.15, 0.2) is 42.6 Å². The second-order valence-electron chi connectivity index (χ2n) is 5.63. The second-order valence-corrected chi connectivity index (χ2v) is 5.63. The molecule has 0 bridgehead atoms. The van der Waals surface area contributed by atoms with Crippen molar-refractivity contribution in [3.05, 3.63) is 48.2 Å². The molecule has 2 aromatic rings. The van der Waals surface area contributed by atoms with E-state index < -0.39 is 30.1 Å². The number of pyridine rings is 1. The van der Waals surface area contributed by atoms with E-state index in [0.717, 1.165) is 12.1 Å². The van der Waals surface area contributed by atoms with Crippen molar-refractivity contribution in [2.75, 3.05) is 6.61 Å². The van der Waals surface area contributed by atoms with Crippen molar-refractivity contribution in [1.82, 2.24) is 4.98 Å². The highest BCUT2D eigenvalue weighted by molar-refractivity contribution is 5.60. The first-order valence-corrected chi connectivity index (χ1v) is 8.43. The number of alkyl halides is 3. The van der Waals surface area contributed by atoms with Crippen molar-refractivity contribution in [1.29, 1.82) is 5.26 Å². The van der Waals surface area contributed by atoms with Gasteiger partial charge in [-0.05, 0) is 44.2 Å². The summed E-state index contributed by atoms with van der Waals surface area (Å²) in [6, 6.07) is 9.85. The summed E-state index contributed by atoms with van der Waals surface area (Å²) < 4.78 is 58.0. The predicted molar refractivity (Wildman–Crippen MR) is 93.4 cm³/mol. The maximum Gasteiger partial charge on any atom is 0.509 e. The first kappa shape index (κ1) is 21.8. The number of nitriles is 1. The Labute approximate surface area is 164 Å². The summed E-state index contributed by atoms with van der Waals surface area (Å²) in [5.74, 6) is 0.669. The zero-order valence-corrected chi connectivity index (χ0v) is 15.5. The molecule has 10 heteroatoms. The first-order chi connectivity index (χ1) is 13.7. The van der Waals surface area contributed by atoms with Crippen LogP contribution in [-0.4, -0.2) is 30.0 Å². The molecule has 7 nitrogen and oxygen atoms in total. The molecule has 0 aliphatic rings. The number of benzene rings is 1. The van der Waals surface area contributed by atoms with E-state index in [1.807, 2.05) is 6.07 Å². The Bertz CT molecular complexity index is 848. The minimum Gasteiger partial charge on any atom is -0.486 e. The number of carbonyl (C=O) groups is 1. The van der Waals surface area contributed by atoms with Gasteiger partial charge in [-0.2, -0.15) is 18.4 Å². The van der Waals surface area contributed by atoms with Crippen molar-refractivity contribution >= 4 is 6.16 Å². The van der Waals surface area contributed by atoms with Gasteiger partial charge in [0, 0.05) is 12.3 Å². The number of rotatable bonds is 7. The molecule has 1 heterocycles. The average molecular weight is 410 g/mol.